The summed E-state index contributed by atoms with van der Waals surface area (Å²) >= 11 is 0. The normalized spacial score (nSPS) is 10.0. The van der Waals surface area contributed by atoms with Crippen LogP contribution in [0.5, 0.6) is 0 Å². The highest BCUT2D eigenvalue weighted by Crippen LogP contribution is 2.13. The van der Waals surface area contributed by atoms with Gasteiger partial charge in [-0.05, 0) is 13.3 Å². The van der Waals surface area contributed by atoms with Crippen LogP contribution in [-0.2, 0) is 0 Å². The number of nitrogens with one attached hydrogen (secondary N) is 1. The summed E-state index contributed by atoms with van der Waals surface area (Å²) < 4.78 is 0. The molecular formula is C9H17N5. The maximum Gasteiger partial charge on any atom is 0.145 e. The molecule has 1 heterocycles. The number of rotatable bonds is 4. The highest BCUT2D eigenvalue weighted by Gasteiger charge is 2.04. The lowest BCUT2D eigenvalue weighted by molar-refractivity contribution is 0.829. The maximum absolute atomic E-state index is 5.30. The summed E-state index contributed by atoms with van der Waals surface area (Å²) in [6.07, 6.45) is 1.09. The molecule has 0 fully saturated rings. The number of nitrogens with two attached hydrogens (primary N) is 1. The molecule has 0 aliphatic rings. The lowest BCUT2D eigenvalue weighted by atomic mass is 10.4. The molecule has 0 aromatic carbocycles. The second-order valence-corrected chi connectivity index (χ2v) is 3.22. The summed E-state index contributed by atoms with van der Waals surface area (Å²) in [6.45, 7) is 4.96. The Hall–Kier alpha value is -1.36. The van der Waals surface area contributed by atoms with Gasteiger partial charge < -0.3 is 10.3 Å². The number of hydrazine groups is 1. The topological polar surface area (TPSA) is 67.1 Å². The number of aryl methyl sites for hydroxylation is 1. The van der Waals surface area contributed by atoms with Crippen LogP contribution in [0.25, 0.3) is 0 Å². The van der Waals surface area contributed by atoms with Gasteiger partial charge in [0.1, 0.15) is 17.5 Å². The third-order valence-electron chi connectivity index (χ3n) is 1.92. The van der Waals surface area contributed by atoms with Crippen LogP contribution in [0.2, 0.25) is 0 Å². The van der Waals surface area contributed by atoms with Crippen LogP contribution >= 0.6 is 0 Å². The zero-order chi connectivity index (χ0) is 10.6. The summed E-state index contributed by atoms with van der Waals surface area (Å²) in [4.78, 5) is 10.5. The van der Waals surface area contributed by atoms with E-state index in [1.807, 2.05) is 20.0 Å². The Morgan fingerprint density at radius 3 is 2.79 bits per heavy atom. The average Bonchev–Trinajstić information content (AvgIpc) is 2.17. The number of aromatic nitrogens is 2. The summed E-state index contributed by atoms with van der Waals surface area (Å²) in [5.41, 5.74) is 2.53. The molecule has 1 aromatic heterocycles. The van der Waals surface area contributed by atoms with Crippen LogP contribution in [-0.4, -0.2) is 23.6 Å². The second kappa shape index (κ2) is 4.76. The van der Waals surface area contributed by atoms with Gasteiger partial charge in [-0.2, -0.15) is 0 Å². The van der Waals surface area contributed by atoms with Crippen LogP contribution in [0.1, 0.15) is 19.2 Å². The Balaban J connectivity index is 2.90. The molecule has 0 spiro atoms. The molecular weight excluding hydrogens is 178 g/mol. The van der Waals surface area contributed by atoms with E-state index in [0.717, 1.165) is 24.6 Å². The first-order valence-corrected chi connectivity index (χ1v) is 4.70. The average molecular weight is 195 g/mol. The maximum atomic E-state index is 5.30. The molecule has 5 heteroatoms. The van der Waals surface area contributed by atoms with Crippen LogP contribution in [0, 0.1) is 6.92 Å². The Morgan fingerprint density at radius 1 is 1.50 bits per heavy atom. The van der Waals surface area contributed by atoms with Gasteiger partial charge >= 0.3 is 0 Å². The molecule has 14 heavy (non-hydrogen) atoms. The number of anilines is 2. The molecule has 1 aromatic rings. The van der Waals surface area contributed by atoms with E-state index in [0.29, 0.717) is 5.82 Å². The fourth-order valence-corrected chi connectivity index (χ4v) is 1.27. The van der Waals surface area contributed by atoms with E-state index in [1.165, 1.54) is 0 Å². The number of hydrogen-bond donors (Lipinski definition) is 2. The fourth-order valence-electron chi connectivity index (χ4n) is 1.27. The Morgan fingerprint density at radius 2 is 2.21 bits per heavy atom. The zero-order valence-electron chi connectivity index (χ0n) is 8.91. The Kier molecular flexibility index (Phi) is 3.64. The van der Waals surface area contributed by atoms with Gasteiger partial charge in [-0.25, -0.2) is 15.8 Å². The minimum atomic E-state index is 0.649. The van der Waals surface area contributed by atoms with E-state index in [1.54, 1.807) is 0 Å². The number of hydrogen-bond acceptors (Lipinski definition) is 5. The molecule has 0 saturated heterocycles. The highest BCUT2D eigenvalue weighted by atomic mass is 15.3. The molecule has 1 rings (SSSR count). The van der Waals surface area contributed by atoms with Gasteiger partial charge in [0.15, 0.2) is 0 Å². The first-order chi connectivity index (χ1) is 6.67. The first-order valence-electron chi connectivity index (χ1n) is 4.70. The molecule has 0 bridgehead atoms. The van der Waals surface area contributed by atoms with E-state index < -0.39 is 0 Å². The summed E-state index contributed by atoms with van der Waals surface area (Å²) in [7, 11) is 2.01. The molecule has 0 atom stereocenters. The van der Waals surface area contributed by atoms with Crippen molar-refractivity contribution in [3.05, 3.63) is 11.9 Å². The fraction of sp³-hybridized carbons (Fsp3) is 0.556. The van der Waals surface area contributed by atoms with Gasteiger partial charge in [0, 0.05) is 19.7 Å². The summed E-state index contributed by atoms with van der Waals surface area (Å²) in [5, 5.41) is 0. The number of nitrogens with zero attached hydrogens (tertiary/aromatic N) is 3. The molecule has 0 radical (unpaired) electrons. The predicted octanol–water partition coefficient (Wildman–Crippen LogP) is 0.917. The molecule has 0 saturated carbocycles. The molecule has 0 amide bonds. The molecule has 5 nitrogen and oxygen atoms in total. The molecule has 0 unspecified atom stereocenters. The van der Waals surface area contributed by atoms with Crippen molar-refractivity contribution in [2.75, 3.05) is 23.9 Å². The minimum Gasteiger partial charge on any atom is -0.360 e. The Labute approximate surface area is 84.3 Å². The van der Waals surface area contributed by atoms with E-state index in [9.17, 15) is 0 Å². The van der Waals surface area contributed by atoms with Gasteiger partial charge in [-0.3, -0.25) is 0 Å². The smallest absolute Gasteiger partial charge is 0.145 e. The predicted molar refractivity (Wildman–Crippen MR) is 58.1 cm³/mol. The highest BCUT2D eigenvalue weighted by molar-refractivity contribution is 5.48. The van der Waals surface area contributed by atoms with Crippen molar-refractivity contribution in [2.24, 2.45) is 5.84 Å². The molecule has 78 valence electrons. The molecule has 0 aliphatic carbocycles. The van der Waals surface area contributed by atoms with Gasteiger partial charge in [0.2, 0.25) is 0 Å². The summed E-state index contributed by atoms with van der Waals surface area (Å²) in [5.74, 6) is 7.57. The lowest BCUT2D eigenvalue weighted by Crippen LogP contribution is -2.20. The van der Waals surface area contributed by atoms with E-state index in [4.69, 9.17) is 5.84 Å². The standard InChI is InChI=1S/C9H17N5/c1-4-5-14(3)9-6-8(13-10)11-7(2)12-9/h6H,4-5,10H2,1-3H3,(H,11,12,13). The van der Waals surface area contributed by atoms with Crippen LogP contribution in [0.15, 0.2) is 6.07 Å². The Bertz CT molecular complexity index is 299. The first kappa shape index (κ1) is 10.7. The van der Waals surface area contributed by atoms with Crippen molar-refractivity contribution in [2.45, 2.75) is 20.3 Å². The number of nitrogen functional groups attached to an aromatic ring is 1. The third-order valence-corrected chi connectivity index (χ3v) is 1.92. The van der Waals surface area contributed by atoms with Gasteiger partial charge in [-0.1, -0.05) is 6.92 Å². The summed E-state index contributed by atoms with van der Waals surface area (Å²) in [6, 6.07) is 1.84. The van der Waals surface area contributed by atoms with Crippen LogP contribution < -0.4 is 16.2 Å². The van der Waals surface area contributed by atoms with Gasteiger partial charge in [-0.15, -0.1) is 0 Å². The minimum absolute atomic E-state index is 0.649. The quantitative estimate of drug-likeness (QED) is 0.552. The van der Waals surface area contributed by atoms with Gasteiger partial charge in [0.25, 0.3) is 0 Å². The van der Waals surface area contributed by atoms with Crippen molar-refractivity contribution in [3.8, 4) is 0 Å². The van der Waals surface area contributed by atoms with Crippen molar-refractivity contribution in [1.82, 2.24) is 9.97 Å². The van der Waals surface area contributed by atoms with Crippen molar-refractivity contribution in [3.63, 3.8) is 0 Å². The zero-order valence-corrected chi connectivity index (χ0v) is 8.91. The van der Waals surface area contributed by atoms with E-state index in [-0.39, 0.29) is 0 Å². The molecule has 0 aliphatic heterocycles. The van der Waals surface area contributed by atoms with E-state index in [2.05, 4.69) is 27.2 Å². The van der Waals surface area contributed by atoms with Crippen LogP contribution in [0.3, 0.4) is 0 Å². The SMILES string of the molecule is CCCN(C)c1cc(NN)nc(C)n1. The second-order valence-electron chi connectivity index (χ2n) is 3.22. The monoisotopic (exact) mass is 195 g/mol. The molecule has 3 N–H and O–H groups in total. The van der Waals surface area contributed by atoms with E-state index >= 15 is 0 Å². The van der Waals surface area contributed by atoms with Crippen molar-refractivity contribution < 1.29 is 0 Å². The van der Waals surface area contributed by atoms with Crippen molar-refractivity contribution >= 4 is 11.6 Å². The largest absolute Gasteiger partial charge is 0.360 e. The lowest BCUT2D eigenvalue weighted by Gasteiger charge is -2.17. The van der Waals surface area contributed by atoms with Gasteiger partial charge in [0.05, 0.1) is 0 Å². The van der Waals surface area contributed by atoms with Crippen LogP contribution in [0.4, 0.5) is 11.6 Å². The van der Waals surface area contributed by atoms with Crippen molar-refractivity contribution in [1.29, 1.82) is 0 Å². The third kappa shape index (κ3) is 2.56.